The summed E-state index contributed by atoms with van der Waals surface area (Å²) in [4.78, 5) is 0. The monoisotopic (exact) mass is 538 g/mol. The second kappa shape index (κ2) is 16.4. The molecule has 0 heterocycles. The predicted octanol–water partition coefficient (Wildman–Crippen LogP) is 3.44. The van der Waals surface area contributed by atoms with Gasteiger partial charge < -0.3 is 45.5 Å². The van der Waals surface area contributed by atoms with Gasteiger partial charge in [0.25, 0.3) is 9.48 Å². The van der Waals surface area contributed by atoms with Crippen molar-refractivity contribution >= 4 is 39.2 Å². The fourth-order valence-electron chi connectivity index (χ4n) is 2.93. The van der Waals surface area contributed by atoms with E-state index in [1.165, 1.54) is 28.4 Å². The second-order valence-corrected chi connectivity index (χ2v) is 14.2. The van der Waals surface area contributed by atoms with E-state index in [0.29, 0.717) is 39.6 Å². The Hall–Kier alpha value is 0.734. The molecule has 0 unspecified atom stereocenters. The van der Waals surface area contributed by atoms with E-state index in [2.05, 4.69) is 0 Å². The van der Waals surface area contributed by atoms with E-state index in [9.17, 15) is 0 Å². The largest absolute Gasteiger partial charge is 0.576 e. The summed E-state index contributed by atoms with van der Waals surface area (Å²) >= 11 is 0. The summed E-state index contributed by atoms with van der Waals surface area (Å²) in [5.74, 6) is 0. The van der Waals surface area contributed by atoms with Crippen molar-refractivity contribution in [3.8, 4) is 0 Å². The Bertz CT molecular complexity index is 409. The van der Waals surface area contributed by atoms with Gasteiger partial charge in [-0.15, -0.1) is 0 Å². The zero-order chi connectivity index (χ0) is 24.7. The van der Waals surface area contributed by atoms with Gasteiger partial charge in [0.2, 0.25) is 0 Å². The summed E-state index contributed by atoms with van der Waals surface area (Å²) < 4.78 is 57.0. The summed E-state index contributed by atoms with van der Waals surface area (Å²) in [7, 11) is 1.29. The zero-order valence-corrected chi connectivity index (χ0v) is 24.8. The van der Waals surface area contributed by atoms with E-state index in [-0.39, 0.29) is 0 Å². The van der Waals surface area contributed by atoms with Gasteiger partial charge in [0.1, 0.15) is 0 Å². The highest BCUT2D eigenvalue weighted by atomic mass is 33.1. The molecule has 0 saturated carbocycles. The fraction of sp³-hybridized carbons (Fsp3) is 1.00. The van der Waals surface area contributed by atoms with Crippen molar-refractivity contribution < 1.29 is 45.5 Å². The van der Waals surface area contributed by atoms with Gasteiger partial charge in [0, 0.05) is 68.1 Å². The molecule has 32 heavy (non-hydrogen) atoms. The molecule has 0 N–H and O–H groups in total. The molecule has 0 aromatic heterocycles. The van der Waals surface area contributed by atoms with E-state index in [1.54, 1.807) is 0 Å². The average molecular weight is 539 g/mol. The fourth-order valence-corrected chi connectivity index (χ4v) is 14.2. The first kappa shape index (κ1) is 32.7. The van der Waals surface area contributed by atoms with Crippen LogP contribution in [0.15, 0.2) is 0 Å². The van der Waals surface area contributed by atoms with Gasteiger partial charge >= 0.3 is 17.6 Å². The molecule has 0 aliphatic carbocycles. The lowest BCUT2D eigenvalue weighted by Gasteiger charge is -2.45. The predicted molar refractivity (Wildman–Crippen MR) is 130 cm³/mol. The first-order valence-corrected chi connectivity index (χ1v) is 16.3. The SMILES string of the molecule is CCO[Si](OCC)(OCC)C(OC)(OC)SSC(OC)(OC)[Si](OCC)(OCC)OCC. The van der Waals surface area contributed by atoms with Crippen LogP contribution in [0.25, 0.3) is 0 Å². The molecule has 0 radical (unpaired) electrons. The molecule has 14 heteroatoms. The maximum Gasteiger partial charge on any atom is 0.576 e. The van der Waals surface area contributed by atoms with E-state index in [1.807, 2.05) is 41.5 Å². The topological polar surface area (TPSA) is 92.3 Å². The highest BCUT2D eigenvalue weighted by Crippen LogP contribution is 2.53. The zero-order valence-electron chi connectivity index (χ0n) is 21.1. The van der Waals surface area contributed by atoms with Crippen LogP contribution in [-0.4, -0.2) is 95.2 Å². The van der Waals surface area contributed by atoms with Crippen molar-refractivity contribution in [3.63, 3.8) is 0 Å². The molecular formula is C18H42O10S2Si2. The van der Waals surface area contributed by atoms with Gasteiger partial charge in [-0.3, -0.25) is 0 Å². The molecule has 0 saturated heterocycles. The van der Waals surface area contributed by atoms with E-state index in [0.717, 1.165) is 21.6 Å². The molecule has 0 rings (SSSR count). The molecule has 0 atom stereocenters. The summed E-state index contributed by atoms with van der Waals surface area (Å²) in [6.45, 7) is 13.3. The highest BCUT2D eigenvalue weighted by molar-refractivity contribution is 8.78. The normalized spacial score (nSPS) is 13.7. The number of rotatable bonds is 21. The van der Waals surface area contributed by atoms with Crippen LogP contribution in [0.1, 0.15) is 41.5 Å². The van der Waals surface area contributed by atoms with Crippen molar-refractivity contribution in [2.75, 3.05) is 68.1 Å². The summed E-state index contributed by atoms with van der Waals surface area (Å²) in [5.41, 5.74) is 0. The molecule has 0 spiro atoms. The van der Waals surface area contributed by atoms with Crippen LogP contribution in [0.3, 0.4) is 0 Å². The molecular weight excluding hydrogens is 496 g/mol. The highest BCUT2D eigenvalue weighted by Gasteiger charge is 2.70. The Balaban J connectivity index is 6.45. The van der Waals surface area contributed by atoms with Gasteiger partial charge in [-0.1, -0.05) is 0 Å². The molecule has 0 aromatic rings. The van der Waals surface area contributed by atoms with E-state index >= 15 is 0 Å². The lowest BCUT2D eigenvalue weighted by molar-refractivity contribution is -0.138. The molecule has 0 fully saturated rings. The minimum Gasteiger partial charge on any atom is -0.370 e. The van der Waals surface area contributed by atoms with Crippen molar-refractivity contribution in [2.45, 2.75) is 51.0 Å². The lowest BCUT2D eigenvalue weighted by Crippen LogP contribution is -2.67. The molecule has 0 aliphatic rings. The third-order valence-corrected chi connectivity index (χ3v) is 16.2. The minimum atomic E-state index is -3.54. The van der Waals surface area contributed by atoms with Crippen molar-refractivity contribution in [1.29, 1.82) is 0 Å². The van der Waals surface area contributed by atoms with Gasteiger partial charge in [0.15, 0.2) is 0 Å². The van der Waals surface area contributed by atoms with Crippen LogP contribution in [0.2, 0.25) is 0 Å². The maximum absolute atomic E-state index is 6.06. The van der Waals surface area contributed by atoms with Crippen molar-refractivity contribution in [3.05, 3.63) is 0 Å². The number of hydrogen-bond acceptors (Lipinski definition) is 12. The summed E-state index contributed by atoms with van der Waals surface area (Å²) in [6.07, 6.45) is 0. The average Bonchev–Trinajstić information content (AvgIpc) is 2.78. The Morgan fingerprint density at radius 3 is 0.750 bits per heavy atom. The maximum atomic E-state index is 6.06. The standard InChI is InChI=1S/C18H42O10S2Si2/c1-11-23-31(24-12-2,25-13-3)17(19-7,20-8)29-30-18(21-9,22-10)32(26-14-4,27-15-5)28-16-6/h11-16H2,1-10H3. The van der Waals surface area contributed by atoms with Crippen LogP contribution in [0.5, 0.6) is 0 Å². The molecule has 0 amide bonds. The third kappa shape index (κ3) is 7.13. The molecule has 0 aliphatic heterocycles. The van der Waals surface area contributed by atoms with Gasteiger partial charge in [-0.05, 0) is 63.1 Å². The first-order valence-electron chi connectivity index (χ1n) is 10.7. The van der Waals surface area contributed by atoms with Gasteiger partial charge in [-0.25, -0.2) is 0 Å². The molecule has 10 nitrogen and oxygen atoms in total. The van der Waals surface area contributed by atoms with Gasteiger partial charge in [0.05, 0.1) is 0 Å². The molecule has 0 aromatic carbocycles. The Morgan fingerprint density at radius 1 is 0.438 bits per heavy atom. The molecule has 0 bridgehead atoms. The Morgan fingerprint density at radius 2 is 0.625 bits per heavy atom. The smallest absolute Gasteiger partial charge is 0.370 e. The van der Waals surface area contributed by atoms with E-state index in [4.69, 9.17) is 45.5 Å². The second-order valence-electron chi connectivity index (χ2n) is 5.81. The Labute approximate surface area is 203 Å². The summed E-state index contributed by atoms with van der Waals surface area (Å²) in [6, 6.07) is 0. The van der Waals surface area contributed by atoms with Crippen LogP contribution >= 0.6 is 21.6 Å². The number of hydrogen-bond donors (Lipinski definition) is 0. The minimum absolute atomic E-state index is 0.348. The lowest BCUT2D eigenvalue weighted by atomic mass is 10.9. The first-order chi connectivity index (χ1) is 15.3. The van der Waals surface area contributed by atoms with Crippen molar-refractivity contribution in [1.82, 2.24) is 0 Å². The van der Waals surface area contributed by atoms with E-state index < -0.39 is 27.1 Å². The molecule has 194 valence electrons. The van der Waals surface area contributed by atoms with Crippen LogP contribution in [0.4, 0.5) is 0 Å². The van der Waals surface area contributed by atoms with Crippen molar-refractivity contribution in [2.24, 2.45) is 0 Å². The number of methoxy groups -OCH3 is 4. The van der Waals surface area contributed by atoms with Crippen LogP contribution in [0, 0.1) is 0 Å². The van der Waals surface area contributed by atoms with Crippen LogP contribution < -0.4 is 0 Å². The Kier molecular flexibility index (Phi) is 16.8. The number of ether oxygens (including phenoxy) is 4. The quantitative estimate of drug-likeness (QED) is 0.122. The third-order valence-electron chi connectivity index (χ3n) is 4.09. The summed E-state index contributed by atoms with van der Waals surface area (Å²) in [5, 5.41) is 0. The van der Waals surface area contributed by atoms with Gasteiger partial charge in [-0.2, -0.15) is 0 Å². The van der Waals surface area contributed by atoms with Crippen LogP contribution in [-0.2, 0) is 45.5 Å².